The molecule has 0 saturated heterocycles. The number of nitrogens with zero attached hydrogens (tertiary/aromatic N) is 4. The average Bonchev–Trinajstić information content (AvgIpc) is 3.37. The maximum Gasteiger partial charge on any atom is 0.271 e. The van der Waals surface area contributed by atoms with Gasteiger partial charge in [-0.25, -0.2) is 9.97 Å². The first-order valence-electron chi connectivity index (χ1n) is 7.45. The minimum absolute atomic E-state index is 0.138. The molecule has 22 heavy (non-hydrogen) atoms. The number of likely N-dealkylation sites (N-methyl/N-ethyl adjacent to an activating group) is 1. The molecule has 2 aromatic heterocycles. The Morgan fingerprint density at radius 1 is 1.27 bits per heavy atom. The quantitative estimate of drug-likeness (QED) is 0.873. The van der Waals surface area contributed by atoms with Crippen LogP contribution in [0, 0.1) is 0 Å². The van der Waals surface area contributed by atoms with E-state index < -0.39 is 0 Å². The first kappa shape index (κ1) is 14.4. The average molecular weight is 297 g/mol. The van der Waals surface area contributed by atoms with Gasteiger partial charge in [-0.2, -0.15) is 0 Å². The minimum Gasteiger partial charge on any atom is -0.358 e. The third-order valence-electron chi connectivity index (χ3n) is 3.66. The van der Waals surface area contributed by atoms with Crippen molar-refractivity contribution in [2.45, 2.75) is 25.3 Å². The summed E-state index contributed by atoms with van der Waals surface area (Å²) in [4.78, 5) is 26.4. The fraction of sp³-hybridized carbons (Fsp3) is 0.375. The van der Waals surface area contributed by atoms with Crippen molar-refractivity contribution in [1.82, 2.24) is 20.3 Å². The third-order valence-corrected chi connectivity index (χ3v) is 3.66. The molecule has 1 N–H and O–H groups in total. The Labute approximate surface area is 129 Å². The molecule has 3 rings (SSSR count). The summed E-state index contributed by atoms with van der Waals surface area (Å²) < 4.78 is 0. The van der Waals surface area contributed by atoms with E-state index in [1.54, 1.807) is 18.6 Å². The highest BCUT2D eigenvalue weighted by atomic mass is 16.2. The number of anilines is 1. The van der Waals surface area contributed by atoms with E-state index >= 15 is 0 Å². The van der Waals surface area contributed by atoms with Crippen molar-refractivity contribution in [1.29, 1.82) is 0 Å². The molecule has 6 nitrogen and oxygen atoms in total. The molecule has 1 aliphatic rings. The summed E-state index contributed by atoms with van der Waals surface area (Å²) in [5.74, 6) is 0.623. The Balaban J connectivity index is 1.55. The van der Waals surface area contributed by atoms with Crippen LogP contribution in [0.3, 0.4) is 0 Å². The van der Waals surface area contributed by atoms with Crippen LogP contribution in [0.4, 0.5) is 5.82 Å². The van der Waals surface area contributed by atoms with Crippen LogP contribution in [-0.4, -0.2) is 40.5 Å². The van der Waals surface area contributed by atoms with Gasteiger partial charge in [-0.1, -0.05) is 0 Å². The second-order valence-corrected chi connectivity index (χ2v) is 5.53. The molecular weight excluding hydrogens is 278 g/mol. The van der Waals surface area contributed by atoms with Gasteiger partial charge in [0.25, 0.3) is 5.91 Å². The van der Waals surface area contributed by atoms with Gasteiger partial charge >= 0.3 is 0 Å². The number of pyridine rings is 1. The summed E-state index contributed by atoms with van der Waals surface area (Å²) in [5, 5.41) is 2.90. The summed E-state index contributed by atoms with van der Waals surface area (Å²) in [6.07, 6.45) is 9.81. The molecule has 0 aromatic carbocycles. The Morgan fingerprint density at radius 2 is 2.05 bits per heavy atom. The monoisotopic (exact) mass is 297 g/mol. The highest BCUT2D eigenvalue weighted by Gasteiger charge is 2.24. The zero-order chi connectivity index (χ0) is 15.4. The van der Waals surface area contributed by atoms with Crippen molar-refractivity contribution in [3.8, 4) is 0 Å². The fourth-order valence-electron chi connectivity index (χ4n) is 2.08. The zero-order valence-electron chi connectivity index (χ0n) is 12.6. The van der Waals surface area contributed by atoms with Gasteiger partial charge in [0.15, 0.2) is 0 Å². The van der Waals surface area contributed by atoms with Crippen LogP contribution >= 0.6 is 0 Å². The lowest BCUT2D eigenvalue weighted by Gasteiger charge is -2.17. The van der Waals surface area contributed by atoms with Crippen LogP contribution in [0.25, 0.3) is 0 Å². The number of rotatable bonds is 6. The Kier molecular flexibility index (Phi) is 4.27. The predicted octanol–water partition coefficient (Wildman–Crippen LogP) is 1.44. The second kappa shape index (κ2) is 6.51. The van der Waals surface area contributed by atoms with Crippen molar-refractivity contribution < 1.29 is 4.79 Å². The molecule has 114 valence electrons. The van der Waals surface area contributed by atoms with Gasteiger partial charge < -0.3 is 10.2 Å². The van der Waals surface area contributed by atoms with E-state index in [-0.39, 0.29) is 5.91 Å². The van der Waals surface area contributed by atoms with Crippen molar-refractivity contribution in [2.24, 2.45) is 0 Å². The van der Waals surface area contributed by atoms with Gasteiger partial charge in [0.1, 0.15) is 11.5 Å². The summed E-state index contributed by atoms with van der Waals surface area (Å²) in [6.45, 7) is 0.826. The van der Waals surface area contributed by atoms with Crippen LogP contribution in [-0.2, 0) is 6.42 Å². The Hall–Kier alpha value is -2.50. The van der Waals surface area contributed by atoms with Crippen LogP contribution in [0.1, 0.15) is 28.9 Å². The molecule has 0 spiro atoms. The molecule has 0 bridgehead atoms. The van der Waals surface area contributed by atoms with Gasteiger partial charge in [-0.05, 0) is 37.0 Å². The van der Waals surface area contributed by atoms with E-state index in [0.717, 1.165) is 31.6 Å². The second-order valence-electron chi connectivity index (χ2n) is 5.53. The van der Waals surface area contributed by atoms with Crippen molar-refractivity contribution in [2.75, 3.05) is 18.5 Å². The maximum absolute atomic E-state index is 11.9. The molecule has 2 aromatic rings. The van der Waals surface area contributed by atoms with Crippen LogP contribution in [0.15, 0.2) is 36.9 Å². The van der Waals surface area contributed by atoms with Crippen LogP contribution in [0.2, 0.25) is 0 Å². The Bertz CT molecular complexity index is 625. The molecule has 6 heteroatoms. The van der Waals surface area contributed by atoms with Gasteiger partial charge in [-0.3, -0.25) is 9.78 Å². The van der Waals surface area contributed by atoms with Crippen LogP contribution in [0.5, 0.6) is 0 Å². The molecule has 0 aliphatic heterocycles. The SMILES string of the molecule is CN(CCc1ccncc1)c1cnc(C(=O)NC2CC2)cn1. The van der Waals surface area contributed by atoms with E-state index in [9.17, 15) is 4.79 Å². The molecular formula is C16H19N5O. The minimum atomic E-state index is -0.138. The topological polar surface area (TPSA) is 71.0 Å². The van der Waals surface area contributed by atoms with E-state index in [2.05, 4.69) is 20.3 Å². The van der Waals surface area contributed by atoms with Gasteiger partial charge in [0, 0.05) is 32.0 Å². The number of amides is 1. The normalized spacial score (nSPS) is 13.7. The fourth-order valence-corrected chi connectivity index (χ4v) is 2.08. The summed E-state index contributed by atoms with van der Waals surface area (Å²) >= 11 is 0. The highest BCUT2D eigenvalue weighted by Crippen LogP contribution is 2.19. The molecule has 0 radical (unpaired) electrons. The smallest absolute Gasteiger partial charge is 0.271 e. The number of nitrogens with one attached hydrogen (secondary N) is 1. The lowest BCUT2D eigenvalue weighted by molar-refractivity contribution is 0.0945. The van der Waals surface area contributed by atoms with Gasteiger partial charge in [0.2, 0.25) is 0 Å². The summed E-state index contributed by atoms with van der Waals surface area (Å²) in [7, 11) is 1.97. The lowest BCUT2D eigenvalue weighted by atomic mass is 10.2. The molecule has 1 aliphatic carbocycles. The van der Waals surface area contributed by atoms with Crippen molar-refractivity contribution in [3.63, 3.8) is 0 Å². The largest absolute Gasteiger partial charge is 0.358 e. The first-order valence-corrected chi connectivity index (χ1v) is 7.45. The van der Waals surface area contributed by atoms with Gasteiger partial charge in [0.05, 0.1) is 12.4 Å². The highest BCUT2D eigenvalue weighted by molar-refractivity contribution is 5.92. The zero-order valence-corrected chi connectivity index (χ0v) is 12.6. The number of aromatic nitrogens is 3. The Morgan fingerprint density at radius 3 is 2.68 bits per heavy atom. The van der Waals surface area contributed by atoms with E-state index in [0.29, 0.717) is 11.7 Å². The molecule has 0 unspecified atom stereocenters. The molecule has 1 fully saturated rings. The number of carbonyl (C=O) groups is 1. The predicted molar refractivity (Wildman–Crippen MR) is 83.7 cm³/mol. The molecule has 1 amide bonds. The van der Waals surface area contributed by atoms with Gasteiger partial charge in [-0.15, -0.1) is 0 Å². The van der Waals surface area contributed by atoms with Crippen LogP contribution < -0.4 is 10.2 Å². The number of hydrogen-bond donors (Lipinski definition) is 1. The standard InChI is InChI=1S/C16H19N5O/c1-21(9-6-12-4-7-17-8-5-12)15-11-18-14(10-19-15)16(22)20-13-2-3-13/h4-5,7-8,10-11,13H,2-3,6,9H2,1H3,(H,20,22). The van der Waals surface area contributed by atoms with E-state index in [1.807, 2.05) is 24.1 Å². The lowest BCUT2D eigenvalue weighted by Crippen LogP contribution is -2.27. The van der Waals surface area contributed by atoms with E-state index in [1.165, 1.54) is 11.8 Å². The number of carbonyl (C=O) groups excluding carboxylic acids is 1. The number of hydrogen-bond acceptors (Lipinski definition) is 5. The molecule has 0 atom stereocenters. The first-order chi connectivity index (χ1) is 10.7. The summed E-state index contributed by atoms with van der Waals surface area (Å²) in [5.41, 5.74) is 1.61. The molecule has 1 saturated carbocycles. The summed E-state index contributed by atoms with van der Waals surface area (Å²) in [6, 6.07) is 4.34. The molecule has 2 heterocycles. The third kappa shape index (κ3) is 3.78. The van der Waals surface area contributed by atoms with Crippen molar-refractivity contribution >= 4 is 11.7 Å². The van der Waals surface area contributed by atoms with Crippen molar-refractivity contribution in [3.05, 3.63) is 48.2 Å². The maximum atomic E-state index is 11.9. The van der Waals surface area contributed by atoms with E-state index in [4.69, 9.17) is 0 Å².